The molecule has 0 aromatic heterocycles. The van der Waals surface area contributed by atoms with Crippen LogP contribution in [0.25, 0.3) is 75.4 Å². The molecule has 8 aromatic carbocycles. The number of hydrogen-bond donors (Lipinski definition) is 0. The first-order valence-electron chi connectivity index (χ1n) is 20.2. The van der Waals surface area contributed by atoms with E-state index in [9.17, 15) is 0 Å². The Hall–Kier alpha value is -4.27. The molecule has 0 saturated heterocycles. The van der Waals surface area contributed by atoms with E-state index in [1.165, 1.54) is 103 Å². The van der Waals surface area contributed by atoms with Gasteiger partial charge in [-0.2, -0.15) is 0 Å². The molecule has 0 unspecified atom stereocenters. The molecule has 0 aliphatic carbocycles. The van der Waals surface area contributed by atoms with Crippen LogP contribution in [0.3, 0.4) is 0 Å². The van der Waals surface area contributed by atoms with Gasteiger partial charge in [0.1, 0.15) is 5.75 Å². The van der Waals surface area contributed by atoms with E-state index in [4.69, 9.17) is 13.6 Å². The summed E-state index contributed by atoms with van der Waals surface area (Å²) in [6.45, 7) is 10.5. The Morgan fingerprint density at radius 1 is 0.389 bits per heavy atom. The van der Waals surface area contributed by atoms with Crippen LogP contribution in [0.4, 0.5) is 0 Å². The first kappa shape index (κ1) is 36.7. The van der Waals surface area contributed by atoms with Crippen molar-refractivity contribution in [2.45, 2.75) is 79.1 Å². The third-order valence-corrected chi connectivity index (χ3v) is 12.1. The molecule has 0 amide bonds. The van der Waals surface area contributed by atoms with E-state index in [0.29, 0.717) is 13.2 Å². The molecule has 0 aliphatic heterocycles. The van der Waals surface area contributed by atoms with Crippen LogP contribution in [0.2, 0.25) is 0 Å². The maximum Gasteiger partial charge on any atom is 0.397 e. The van der Waals surface area contributed by atoms with Crippen LogP contribution in [0.5, 0.6) is 5.75 Å². The zero-order valence-electron chi connectivity index (χ0n) is 32.4. The largest absolute Gasteiger partial charge is 0.426 e. The molecule has 0 bridgehead atoms. The van der Waals surface area contributed by atoms with Crippen molar-refractivity contribution in [1.29, 1.82) is 0 Å². The Morgan fingerprint density at radius 2 is 0.796 bits per heavy atom. The van der Waals surface area contributed by atoms with Crippen LogP contribution < -0.4 is 4.52 Å². The minimum Gasteiger partial charge on any atom is -0.426 e. The molecular weight excluding hydrogens is 680 g/mol. The van der Waals surface area contributed by atoms with Crippen molar-refractivity contribution in [3.05, 3.63) is 115 Å². The summed E-state index contributed by atoms with van der Waals surface area (Å²) in [6.07, 6.45) is 9.39. The Morgan fingerprint density at radius 3 is 1.31 bits per heavy atom. The van der Waals surface area contributed by atoms with Crippen LogP contribution in [0.15, 0.2) is 115 Å². The van der Waals surface area contributed by atoms with Gasteiger partial charge in [-0.05, 0) is 161 Å². The van der Waals surface area contributed by atoms with Gasteiger partial charge >= 0.3 is 8.60 Å². The standard InChI is InChI=1S/C50H53O3P/c1-34(2)14-7-5-11-22-51-54(52-23-12-6-8-15-35(3)4)53-50-19-13-18-38-26-43-27-39-20-21-40-28-44-29-41-24-36-16-9-10-17-37(36)25-42(41)30-45(44)31-47(40)48(39)32-46(43)33-49(38)50/h9-10,13,16-21,24-35H,5-8,11-12,14-15,22-23H2,1-4H3. The lowest BCUT2D eigenvalue weighted by molar-refractivity contribution is 0.198. The summed E-state index contributed by atoms with van der Waals surface area (Å²) in [5, 5.41) is 17.4. The van der Waals surface area contributed by atoms with Gasteiger partial charge in [0.2, 0.25) is 0 Å². The molecule has 0 heterocycles. The fourth-order valence-electron chi connectivity index (χ4n) is 7.94. The van der Waals surface area contributed by atoms with E-state index in [2.05, 4.69) is 143 Å². The monoisotopic (exact) mass is 732 g/mol. The Bertz CT molecular complexity index is 2550. The van der Waals surface area contributed by atoms with E-state index in [-0.39, 0.29) is 0 Å². The first-order valence-corrected chi connectivity index (χ1v) is 21.3. The molecule has 276 valence electrons. The summed E-state index contributed by atoms with van der Waals surface area (Å²) in [6, 6.07) is 42.9. The second kappa shape index (κ2) is 16.6. The normalized spacial score (nSPS) is 12.4. The highest BCUT2D eigenvalue weighted by Gasteiger charge is 2.18. The molecule has 8 aromatic rings. The third kappa shape index (κ3) is 8.35. The molecule has 54 heavy (non-hydrogen) atoms. The van der Waals surface area contributed by atoms with E-state index in [1.807, 2.05) is 0 Å². The van der Waals surface area contributed by atoms with Crippen LogP contribution in [0, 0.1) is 11.8 Å². The van der Waals surface area contributed by atoms with Crippen molar-refractivity contribution in [3.8, 4) is 5.75 Å². The molecule has 8 rings (SSSR count). The summed E-state index contributed by atoms with van der Waals surface area (Å²) in [7, 11) is -1.51. The third-order valence-electron chi connectivity index (χ3n) is 10.9. The number of fused-ring (bicyclic) bond motifs is 8. The number of rotatable bonds is 16. The predicted molar refractivity (Wildman–Crippen MR) is 235 cm³/mol. The van der Waals surface area contributed by atoms with Crippen molar-refractivity contribution in [2.75, 3.05) is 13.2 Å². The van der Waals surface area contributed by atoms with Crippen molar-refractivity contribution < 1.29 is 13.6 Å². The highest BCUT2D eigenvalue weighted by atomic mass is 31.2. The van der Waals surface area contributed by atoms with E-state index < -0.39 is 8.60 Å². The SMILES string of the molecule is CC(C)CCCCCOP(OCCCCCC(C)C)Oc1cccc2cc3cc4ccc5cc6cc7cc8ccccc8cc7cc6cc5c4cc3cc12. The molecule has 0 N–H and O–H groups in total. The second-order valence-corrected chi connectivity index (χ2v) is 17.2. The molecule has 0 spiro atoms. The number of hydrogen-bond acceptors (Lipinski definition) is 3. The second-order valence-electron chi connectivity index (χ2n) is 16.1. The summed E-state index contributed by atoms with van der Waals surface area (Å²) in [5.74, 6) is 2.31. The average molecular weight is 733 g/mol. The van der Waals surface area contributed by atoms with Gasteiger partial charge in [-0.3, -0.25) is 0 Å². The highest BCUT2D eigenvalue weighted by molar-refractivity contribution is 7.42. The summed E-state index contributed by atoms with van der Waals surface area (Å²) >= 11 is 0. The maximum atomic E-state index is 6.65. The lowest BCUT2D eigenvalue weighted by Gasteiger charge is -2.19. The molecule has 0 fully saturated rings. The van der Waals surface area contributed by atoms with Crippen molar-refractivity contribution >= 4 is 84.0 Å². The van der Waals surface area contributed by atoms with Crippen LogP contribution in [0.1, 0.15) is 79.1 Å². The molecule has 0 aliphatic rings. The van der Waals surface area contributed by atoms with Gasteiger partial charge < -0.3 is 13.6 Å². The minimum atomic E-state index is -1.51. The van der Waals surface area contributed by atoms with Gasteiger partial charge in [0.05, 0.1) is 13.2 Å². The van der Waals surface area contributed by atoms with Gasteiger partial charge in [-0.1, -0.05) is 115 Å². The predicted octanol–water partition coefficient (Wildman–Crippen LogP) is 15.8. The van der Waals surface area contributed by atoms with E-state index >= 15 is 0 Å². The lowest BCUT2D eigenvalue weighted by atomic mass is 9.93. The van der Waals surface area contributed by atoms with Crippen LogP contribution in [-0.2, 0) is 9.05 Å². The quantitative estimate of drug-likeness (QED) is 0.0428. The van der Waals surface area contributed by atoms with E-state index in [1.54, 1.807) is 0 Å². The minimum absolute atomic E-state index is 0.658. The summed E-state index contributed by atoms with van der Waals surface area (Å²) in [4.78, 5) is 0. The zero-order valence-corrected chi connectivity index (χ0v) is 33.3. The van der Waals surface area contributed by atoms with Gasteiger partial charge in [-0.25, -0.2) is 0 Å². The lowest BCUT2D eigenvalue weighted by Crippen LogP contribution is -2.02. The molecular formula is C50H53O3P. The van der Waals surface area contributed by atoms with Crippen molar-refractivity contribution in [1.82, 2.24) is 0 Å². The Balaban J connectivity index is 1.10. The Kier molecular flexibility index (Phi) is 11.3. The number of unbranched alkanes of at least 4 members (excludes halogenated alkanes) is 4. The van der Waals surface area contributed by atoms with Gasteiger partial charge in [0.15, 0.2) is 0 Å². The summed E-state index contributed by atoms with van der Waals surface area (Å²) < 4.78 is 19.3. The maximum absolute atomic E-state index is 6.65. The highest BCUT2D eigenvalue weighted by Crippen LogP contribution is 2.44. The molecule has 0 radical (unpaired) electrons. The molecule has 0 saturated carbocycles. The van der Waals surface area contributed by atoms with Gasteiger partial charge in [-0.15, -0.1) is 0 Å². The summed E-state index contributed by atoms with van der Waals surface area (Å²) in [5.41, 5.74) is 0. The van der Waals surface area contributed by atoms with Gasteiger partial charge in [0.25, 0.3) is 0 Å². The number of benzene rings is 8. The molecule has 4 heteroatoms. The van der Waals surface area contributed by atoms with Crippen molar-refractivity contribution in [3.63, 3.8) is 0 Å². The fraction of sp³-hybridized carbons (Fsp3) is 0.320. The Labute approximate surface area is 321 Å². The zero-order chi connectivity index (χ0) is 37.0. The topological polar surface area (TPSA) is 27.7 Å². The van der Waals surface area contributed by atoms with E-state index in [0.717, 1.165) is 41.2 Å². The van der Waals surface area contributed by atoms with Crippen LogP contribution >= 0.6 is 8.60 Å². The smallest absolute Gasteiger partial charge is 0.397 e. The average Bonchev–Trinajstić information content (AvgIpc) is 3.16. The first-order chi connectivity index (χ1) is 26.4. The van der Waals surface area contributed by atoms with Crippen LogP contribution in [-0.4, -0.2) is 13.2 Å². The fourth-order valence-corrected chi connectivity index (χ4v) is 9.00. The van der Waals surface area contributed by atoms with Crippen molar-refractivity contribution in [2.24, 2.45) is 11.8 Å². The molecule has 0 atom stereocenters. The molecule has 3 nitrogen and oxygen atoms in total. The van der Waals surface area contributed by atoms with Gasteiger partial charge in [0, 0.05) is 5.39 Å².